The first kappa shape index (κ1) is 10.2. The number of esters is 1. The molecule has 0 aliphatic carbocycles. The monoisotopic (exact) mass is 199 g/mol. The van der Waals surface area contributed by atoms with Gasteiger partial charge in [0.1, 0.15) is 11.6 Å². The Morgan fingerprint density at radius 3 is 3.15 bits per heavy atom. The highest BCUT2D eigenvalue weighted by Crippen LogP contribution is 2.06. The first-order valence-electron chi connectivity index (χ1n) is 4.37. The third-order valence-corrected chi connectivity index (χ3v) is 2.33. The fourth-order valence-electron chi connectivity index (χ4n) is 0.860. The number of rotatable bonds is 5. The van der Waals surface area contributed by atoms with Crippen LogP contribution in [0, 0.1) is 0 Å². The Balaban J connectivity index is 2.15. The number of nitrogens with zero attached hydrogens (tertiary/aromatic N) is 1. The summed E-state index contributed by atoms with van der Waals surface area (Å²) in [4.78, 5) is 15.1. The zero-order chi connectivity index (χ0) is 9.52. The molecule has 1 aromatic rings. The normalized spacial score (nSPS) is 9.92. The summed E-state index contributed by atoms with van der Waals surface area (Å²) in [5, 5.41) is 2.72. The predicted molar refractivity (Wildman–Crippen MR) is 51.4 cm³/mol. The van der Waals surface area contributed by atoms with Crippen LogP contribution in [-0.4, -0.2) is 11.0 Å². The highest BCUT2D eigenvalue weighted by atomic mass is 32.1. The highest BCUT2D eigenvalue weighted by molar-refractivity contribution is 7.09. The molecule has 0 N–H and O–H groups in total. The molecule has 1 heterocycles. The van der Waals surface area contributed by atoms with E-state index in [2.05, 4.69) is 4.98 Å². The van der Waals surface area contributed by atoms with E-state index >= 15 is 0 Å². The molecule has 0 amide bonds. The fourth-order valence-corrected chi connectivity index (χ4v) is 1.39. The van der Waals surface area contributed by atoms with Gasteiger partial charge < -0.3 is 4.74 Å². The Hall–Kier alpha value is -0.900. The molecule has 0 aliphatic heterocycles. The maximum absolute atomic E-state index is 11.1. The molecule has 1 rings (SSSR count). The number of hydrogen-bond donors (Lipinski definition) is 0. The Labute approximate surface area is 81.8 Å². The third kappa shape index (κ3) is 4.03. The second-order valence-corrected chi connectivity index (χ2v) is 3.67. The van der Waals surface area contributed by atoms with Crippen molar-refractivity contribution in [3.63, 3.8) is 0 Å². The lowest BCUT2D eigenvalue weighted by molar-refractivity contribution is -0.145. The van der Waals surface area contributed by atoms with E-state index in [9.17, 15) is 4.79 Å². The van der Waals surface area contributed by atoms with Gasteiger partial charge in [-0.15, -0.1) is 11.3 Å². The van der Waals surface area contributed by atoms with Gasteiger partial charge in [-0.2, -0.15) is 0 Å². The largest absolute Gasteiger partial charge is 0.458 e. The number of aromatic nitrogens is 1. The second-order valence-electron chi connectivity index (χ2n) is 2.69. The maximum Gasteiger partial charge on any atom is 0.306 e. The van der Waals surface area contributed by atoms with E-state index in [-0.39, 0.29) is 5.97 Å². The van der Waals surface area contributed by atoms with Gasteiger partial charge in [-0.05, 0) is 6.42 Å². The van der Waals surface area contributed by atoms with Crippen molar-refractivity contribution in [1.29, 1.82) is 0 Å². The topological polar surface area (TPSA) is 39.2 Å². The van der Waals surface area contributed by atoms with Crippen LogP contribution in [0.15, 0.2) is 11.6 Å². The van der Waals surface area contributed by atoms with Gasteiger partial charge in [0.05, 0.1) is 0 Å². The first-order valence-corrected chi connectivity index (χ1v) is 5.25. The molecule has 0 saturated carbocycles. The van der Waals surface area contributed by atoms with Crippen LogP contribution >= 0.6 is 11.3 Å². The van der Waals surface area contributed by atoms with E-state index in [1.165, 1.54) is 11.3 Å². The molecule has 0 saturated heterocycles. The zero-order valence-corrected chi connectivity index (χ0v) is 8.47. The minimum atomic E-state index is -0.128. The molecule has 0 atom stereocenters. The number of thiazole rings is 1. The summed E-state index contributed by atoms with van der Waals surface area (Å²) in [5.41, 5.74) is 0. The average Bonchev–Trinajstić information content (AvgIpc) is 2.64. The quantitative estimate of drug-likeness (QED) is 0.683. The summed E-state index contributed by atoms with van der Waals surface area (Å²) < 4.78 is 5.00. The molecular formula is C9H13NO2S. The van der Waals surface area contributed by atoms with Crippen molar-refractivity contribution in [2.75, 3.05) is 0 Å². The second kappa shape index (κ2) is 5.70. The van der Waals surface area contributed by atoms with Gasteiger partial charge in [-0.25, -0.2) is 4.98 Å². The zero-order valence-electron chi connectivity index (χ0n) is 7.66. The Morgan fingerprint density at radius 2 is 2.54 bits per heavy atom. The molecule has 0 bridgehead atoms. The van der Waals surface area contributed by atoms with Crippen LogP contribution < -0.4 is 0 Å². The van der Waals surface area contributed by atoms with E-state index in [1.54, 1.807) is 6.20 Å². The molecule has 1 aromatic heterocycles. The number of carbonyl (C=O) groups excluding carboxylic acids is 1. The summed E-state index contributed by atoms with van der Waals surface area (Å²) in [6.45, 7) is 2.37. The molecule has 0 aromatic carbocycles. The van der Waals surface area contributed by atoms with Gasteiger partial charge in [0, 0.05) is 18.0 Å². The Kier molecular flexibility index (Phi) is 4.46. The standard InChI is InChI=1S/C9H13NO2S/c1-2-3-4-9(11)12-7-8-10-5-6-13-8/h5-6H,2-4,7H2,1H3. The molecular weight excluding hydrogens is 186 g/mol. The van der Waals surface area contributed by atoms with Crippen molar-refractivity contribution in [3.05, 3.63) is 16.6 Å². The van der Waals surface area contributed by atoms with Crippen molar-refractivity contribution < 1.29 is 9.53 Å². The van der Waals surface area contributed by atoms with E-state index in [1.807, 2.05) is 12.3 Å². The molecule has 0 unspecified atom stereocenters. The van der Waals surface area contributed by atoms with Crippen molar-refractivity contribution in [1.82, 2.24) is 4.98 Å². The van der Waals surface area contributed by atoms with E-state index in [0.29, 0.717) is 13.0 Å². The molecule has 0 fully saturated rings. The van der Waals surface area contributed by atoms with Gasteiger partial charge >= 0.3 is 5.97 Å². The van der Waals surface area contributed by atoms with Gasteiger partial charge in [-0.3, -0.25) is 4.79 Å². The summed E-state index contributed by atoms with van der Waals surface area (Å²) in [6, 6.07) is 0. The molecule has 0 aliphatic rings. The molecule has 3 nitrogen and oxygen atoms in total. The lowest BCUT2D eigenvalue weighted by Crippen LogP contribution is -2.03. The third-order valence-electron chi connectivity index (χ3n) is 1.57. The molecule has 13 heavy (non-hydrogen) atoms. The van der Waals surface area contributed by atoms with Gasteiger partial charge in [0.25, 0.3) is 0 Å². The predicted octanol–water partition coefficient (Wildman–Crippen LogP) is 2.38. The molecule has 0 radical (unpaired) electrons. The first-order chi connectivity index (χ1) is 6.33. The molecule has 0 spiro atoms. The lowest BCUT2D eigenvalue weighted by Gasteiger charge is -2.00. The van der Waals surface area contributed by atoms with Crippen LogP contribution in [0.5, 0.6) is 0 Å². The lowest BCUT2D eigenvalue weighted by atomic mass is 10.2. The summed E-state index contributed by atoms with van der Waals surface area (Å²) in [7, 11) is 0. The van der Waals surface area contributed by atoms with Crippen LogP contribution in [0.25, 0.3) is 0 Å². The molecule has 72 valence electrons. The average molecular weight is 199 g/mol. The SMILES string of the molecule is CCCCC(=O)OCc1nccs1. The Bertz CT molecular complexity index is 246. The highest BCUT2D eigenvalue weighted by Gasteiger charge is 2.03. The van der Waals surface area contributed by atoms with Crippen molar-refractivity contribution >= 4 is 17.3 Å². The van der Waals surface area contributed by atoms with Gasteiger partial charge in [-0.1, -0.05) is 13.3 Å². The fraction of sp³-hybridized carbons (Fsp3) is 0.556. The van der Waals surface area contributed by atoms with Crippen LogP contribution in [0.4, 0.5) is 0 Å². The van der Waals surface area contributed by atoms with Crippen LogP contribution in [0.1, 0.15) is 31.2 Å². The minimum Gasteiger partial charge on any atom is -0.458 e. The van der Waals surface area contributed by atoms with Gasteiger partial charge in [0.2, 0.25) is 0 Å². The smallest absolute Gasteiger partial charge is 0.306 e. The summed E-state index contributed by atoms with van der Waals surface area (Å²) in [6.07, 6.45) is 4.14. The van der Waals surface area contributed by atoms with Crippen LogP contribution in [-0.2, 0) is 16.1 Å². The Morgan fingerprint density at radius 1 is 1.69 bits per heavy atom. The van der Waals surface area contributed by atoms with E-state index in [0.717, 1.165) is 17.8 Å². The minimum absolute atomic E-state index is 0.128. The van der Waals surface area contributed by atoms with Crippen molar-refractivity contribution in [2.24, 2.45) is 0 Å². The summed E-state index contributed by atoms with van der Waals surface area (Å²) in [5.74, 6) is -0.128. The van der Waals surface area contributed by atoms with E-state index in [4.69, 9.17) is 4.74 Å². The van der Waals surface area contributed by atoms with Crippen LogP contribution in [0.2, 0.25) is 0 Å². The number of ether oxygens (including phenoxy) is 1. The maximum atomic E-state index is 11.1. The summed E-state index contributed by atoms with van der Waals surface area (Å²) >= 11 is 1.50. The van der Waals surface area contributed by atoms with Gasteiger partial charge in [0.15, 0.2) is 0 Å². The van der Waals surface area contributed by atoms with Crippen molar-refractivity contribution in [2.45, 2.75) is 32.8 Å². The number of carbonyl (C=O) groups is 1. The number of hydrogen-bond acceptors (Lipinski definition) is 4. The van der Waals surface area contributed by atoms with Crippen molar-refractivity contribution in [3.8, 4) is 0 Å². The molecule has 4 heteroatoms. The van der Waals surface area contributed by atoms with Crippen LogP contribution in [0.3, 0.4) is 0 Å². The van der Waals surface area contributed by atoms with E-state index < -0.39 is 0 Å². The number of unbranched alkanes of at least 4 members (excludes halogenated alkanes) is 1.